The summed E-state index contributed by atoms with van der Waals surface area (Å²) in [4.78, 5) is 0. The predicted molar refractivity (Wildman–Crippen MR) is 39.7 cm³/mol. The molecule has 0 saturated heterocycles. The van der Waals surface area contributed by atoms with E-state index in [-0.39, 0.29) is 11.6 Å². The molecule has 13 heavy (non-hydrogen) atoms. The van der Waals surface area contributed by atoms with Crippen molar-refractivity contribution >= 4 is 11.6 Å². The van der Waals surface area contributed by atoms with Crippen LogP contribution in [0.4, 0.5) is 13.2 Å². The van der Waals surface area contributed by atoms with E-state index in [0.29, 0.717) is 0 Å². The van der Waals surface area contributed by atoms with E-state index >= 15 is 0 Å². The Kier molecular flexibility index (Phi) is 2.70. The van der Waals surface area contributed by atoms with Crippen LogP contribution in [0.25, 0.3) is 0 Å². The maximum absolute atomic E-state index is 12.3. The highest BCUT2D eigenvalue weighted by molar-refractivity contribution is 6.17. The highest BCUT2D eigenvalue weighted by Crippen LogP contribution is 2.37. The van der Waals surface area contributed by atoms with Gasteiger partial charge in [0.05, 0.1) is 18.7 Å². The number of hydrogen-bond donors (Lipinski definition) is 1. The van der Waals surface area contributed by atoms with Crippen LogP contribution in [0.2, 0.25) is 0 Å². The van der Waals surface area contributed by atoms with E-state index in [1.165, 1.54) is 0 Å². The molecule has 0 fully saturated rings. The van der Waals surface area contributed by atoms with Gasteiger partial charge in [-0.15, -0.1) is 11.6 Å². The van der Waals surface area contributed by atoms with Crippen LogP contribution in [-0.2, 0) is 12.1 Å². The Morgan fingerprint density at radius 3 is 2.54 bits per heavy atom. The molecule has 0 radical (unpaired) electrons. The standard InChI is InChI=1S/C6H6ClF3N2O/c1-13-5-4(6(8,9)10)3(2-7)11-12-5/h2H2,1H3,(H,11,12). The maximum Gasteiger partial charge on any atom is 0.423 e. The molecular formula is C6H6ClF3N2O. The predicted octanol–water partition coefficient (Wildman–Crippen LogP) is 2.18. The molecule has 1 rings (SSSR count). The molecule has 0 bridgehead atoms. The van der Waals surface area contributed by atoms with Gasteiger partial charge in [-0.2, -0.15) is 18.3 Å². The smallest absolute Gasteiger partial charge is 0.423 e. The first-order chi connectivity index (χ1) is 6.00. The van der Waals surface area contributed by atoms with Crippen molar-refractivity contribution in [2.24, 2.45) is 0 Å². The van der Waals surface area contributed by atoms with Crippen LogP contribution in [-0.4, -0.2) is 17.3 Å². The summed E-state index contributed by atoms with van der Waals surface area (Å²) in [6.45, 7) is 0. The van der Waals surface area contributed by atoms with Gasteiger partial charge in [-0.05, 0) is 0 Å². The zero-order valence-corrected chi connectivity index (χ0v) is 7.33. The molecule has 1 heterocycles. The first-order valence-corrected chi connectivity index (χ1v) is 3.78. The van der Waals surface area contributed by atoms with Crippen molar-refractivity contribution in [3.05, 3.63) is 11.3 Å². The number of halogens is 4. The van der Waals surface area contributed by atoms with Gasteiger partial charge in [0.25, 0.3) is 0 Å². The lowest BCUT2D eigenvalue weighted by Gasteiger charge is -2.06. The van der Waals surface area contributed by atoms with Crippen molar-refractivity contribution in [1.29, 1.82) is 0 Å². The van der Waals surface area contributed by atoms with Crippen LogP contribution in [0.5, 0.6) is 5.88 Å². The summed E-state index contributed by atoms with van der Waals surface area (Å²) in [5, 5.41) is 5.47. The first kappa shape index (κ1) is 10.2. The molecule has 0 aliphatic carbocycles. The fourth-order valence-electron chi connectivity index (χ4n) is 0.898. The lowest BCUT2D eigenvalue weighted by Crippen LogP contribution is -2.08. The van der Waals surface area contributed by atoms with Gasteiger partial charge in [-0.3, -0.25) is 0 Å². The quantitative estimate of drug-likeness (QED) is 0.767. The summed E-state index contributed by atoms with van der Waals surface area (Å²) in [5.41, 5.74) is -1.20. The molecule has 0 aromatic carbocycles. The van der Waals surface area contributed by atoms with E-state index in [1.54, 1.807) is 0 Å². The van der Waals surface area contributed by atoms with Crippen molar-refractivity contribution in [2.75, 3.05) is 7.11 Å². The summed E-state index contributed by atoms with van der Waals surface area (Å²) in [5.74, 6) is -0.725. The molecule has 1 N–H and O–H groups in total. The minimum Gasteiger partial charge on any atom is -0.481 e. The van der Waals surface area contributed by atoms with Gasteiger partial charge in [-0.25, -0.2) is 5.10 Å². The Hall–Kier alpha value is -0.910. The molecular weight excluding hydrogens is 209 g/mol. The average Bonchev–Trinajstić information content (AvgIpc) is 2.45. The second-order valence-corrected chi connectivity index (χ2v) is 2.48. The zero-order valence-electron chi connectivity index (χ0n) is 6.57. The molecule has 1 aromatic rings. The molecule has 1 aromatic heterocycles. The molecule has 0 aliphatic heterocycles. The molecule has 0 atom stereocenters. The molecule has 0 amide bonds. The topological polar surface area (TPSA) is 37.9 Å². The van der Waals surface area contributed by atoms with Crippen LogP contribution in [0.15, 0.2) is 0 Å². The zero-order chi connectivity index (χ0) is 10.1. The molecule has 0 unspecified atom stereocenters. The number of H-pyrrole nitrogens is 1. The summed E-state index contributed by atoms with van der Waals surface area (Å²) in [6, 6.07) is 0. The van der Waals surface area contributed by atoms with Crippen LogP contribution in [0.1, 0.15) is 11.3 Å². The van der Waals surface area contributed by atoms with Crippen molar-refractivity contribution in [1.82, 2.24) is 10.2 Å². The van der Waals surface area contributed by atoms with Gasteiger partial charge < -0.3 is 4.74 Å². The Bertz CT molecular complexity index is 275. The average molecular weight is 215 g/mol. The number of rotatable bonds is 2. The summed E-state index contributed by atoms with van der Waals surface area (Å²) >= 11 is 5.27. The molecule has 7 heteroatoms. The van der Waals surface area contributed by atoms with Crippen molar-refractivity contribution in [3.8, 4) is 5.88 Å². The molecule has 0 spiro atoms. The van der Waals surface area contributed by atoms with Gasteiger partial charge in [-0.1, -0.05) is 0 Å². The molecule has 0 saturated carbocycles. The second-order valence-electron chi connectivity index (χ2n) is 2.21. The van der Waals surface area contributed by atoms with E-state index < -0.39 is 17.6 Å². The number of hydrogen-bond acceptors (Lipinski definition) is 2. The van der Waals surface area contributed by atoms with Crippen LogP contribution < -0.4 is 4.74 Å². The number of methoxy groups -OCH3 is 1. The number of nitrogens with zero attached hydrogens (tertiary/aromatic N) is 1. The number of aromatic amines is 1. The number of ether oxygens (including phenoxy) is 1. The fourth-order valence-corrected chi connectivity index (χ4v) is 1.09. The maximum atomic E-state index is 12.3. The summed E-state index contributed by atoms with van der Waals surface area (Å²) in [6.07, 6.45) is -4.50. The lowest BCUT2D eigenvalue weighted by atomic mass is 10.2. The Balaban J connectivity index is 3.20. The van der Waals surface area contributed by atoms with Crippen molar-refractivity contribution in [3.63, 3.8) is 0 Å². The highest BCUT2D eigenvalue weighted by Gasteiger charge is 2.39. The fraction of sp³-hybridized carbons (Fsp3) is 0.500. The summed E-state index contributed by atoms with van der Waals surface area (Å²) in [7, 11) is 1.13. The van der Waals surface area contributed by atoms with Gasteiger partial charge >= 0.3 is 6.18 Å². The van der Waals surface area contributed by atoms with Crippen LogP contribution in [0.3, 0.4) is 0 Å². The third-order valence-corrected chi connectivity index (χ3v) is 1.68. The largest absolute Gasteiger partial charge is 0.481 e. The first-order valence-electron chi connectivity index (χ1n) is 3.25. The Morgan fingerprint density at radius 2 is 2.15 bits per heavy atom. The van der Waals surface area contributed by atoms with Gasteiger partial charge in [0, 0.05) is 0 Å². The number of nitrogens with one attached hydrogen (secondary N) is 1. The minimum absolute atomic E-state index is 0.258. The van der Waals surface area contributed by atoms with E-state index in [9.17, 15) is 13.2 Å². The van der Waals surface area contributed by atoms with Crippen molar-refractivity contribution < 1.29 is 17.9 Å². The molecule has 0 aliphatic rings. The monoisotopic (exact) mass is 214 g/mol. The third-order valence-electron chi connectivity index (χ3n) is 1.42. The van der Waals surface area contributed by atoms with Crippen LogP contribution >= 0.6 is 11.6 Å². The van der Waals surface area contributed by atoms with E-state index in [2.05, 4.69) is 14.9 Å². The van der Waals surface area contributed by atoms with E-state index in [1.807, 2.05) is 0 Å². The van der Waals surface area contributed by atoms with E-state index in [4.69, 9.17) is 11.6 Å². The third kappa shape index (κ3) is 1.88. The Morgan fingerprint density at radius 1 is 1.54 bits per heavy atom. The molecule has 74 valence electrons. The van der Waals surface area contributed by atoms with Gasteiger partial charge in [0.2, 0.25) is 5.88 Å². The Labute approximate surface area is 76.8 Å². The number of aromatic nitrogens is 2. The van der Waals surface area contributed by atoms with Gasteiger partial charge in [0.1, 0.15) is 5.56 Å². The van der Waals surface area contributed by atoms with Crippen LogP contribution in [0, 0.1) is 0 Å². The van der Waals surface area contributed by atoms with Gasteiger partial charge in [0.15, 0.2) is 0 Å². The normalized spacial score (nSPS) is 11.8. The van der Waals surface area contributed by atoms with Crippen molar-refractivity contribution in [2.45, 2.75) is 12.1 Å². The SMILES string of the molecule is COc1[nH]nc(CCl)c1C(F)(F)F. The highest BCUT2D eigenvalue weighted by atomic mass is 35.5. The number of alkyl halides is 4. The lowest BCUT2D eigenvalue weighted by molar-refractivity contribution is -0.139. The second kappa shape index (κ2) is 3.45. The summed E-state index contributed by atoms with van der Waals surface area (Å²) < 4.78 is 41.4. The van der Waals surface area contributed by atoms with E-state index in [0.717, 1.165) is 7.11 Å². The molecule has 3 nitrogen and oxygen atoms in total. The minimum atomic E-state index is -4.50.